The van der Waals surface area contributed by atoms with E-state index < -0.39 is 0 Å². The van der Waals surface area contributed by atoms with Crippen molar-refractivity contribution in [2.75, 3.05) is 40.5 Å². The first-order chi connectivity index (χ1) is 8.86. The Balaban J connectivity index is 0.00000324. The van der Waals surface area contributed by atoms with Crippen molar-refractivity contribution in [1.82, 2.24) is 10.6 Å². The van der Waals surface area contributed by atoms with E-state index in [1.54, 1.807) is 14.2 Å². The van der Waals surface area contributed by atoms with Gasteiger partial charge in [0, 0.05) is 20.7 Å². The molecule has 0 spiro atoms. The molecule has 0 aliphatic rings. The minimum Gasteiger partial charge on any atom is -0.492 e. The third-order valence-electron chi connectivity index (χ3n) is 2.23. The van der Waals surface area contributed by atoms with Gasteiger partial charge in [0.25, 0.3) is 0 Å². The molecule has 1 aromatic rings. The van der Waals surface area contributed by atoms with Crippen LogP contribution in [0, 0.1) is 0 Å². The summed E-state index contributed by atoms with van der Waals surface area (Å²) >= 11 is 0. The van der Waals surface area contributed by atoms with Crippen molar-refractivity contribution in [2.45, 2.75) is 0 Å². The first-order valence-electron chi connectivity index (χ1n) is 5.98. The minimum atomic E-state index is 0. The average Bonchev–Trinajstić information content (AvgIpc) is 2.43. The van der Waals surface area contributed by atoms with Gasteiger partial charge in [0.1, 0.15) is 12.4 Å². The Bertz CT molecular complexity index is 347. The molecule has 0 radical (unpaired) electrons. The van der Waals surface area contributed by atoms with Crippen molar-refractivity contribution in [3.05, 3.63) is 30.3 Å². The average molecular weight is 379 g/mol. The van der Waals surface area contributed by atoms with Crippen LogP contribution >= 0.6 is 24.0 Å². The van der Waals surface area contributed by atoms with Crippen LogP contribution in [0.2, 0.25) is 0 Å². The van der Waals surface area contributed by atoms with Gasteiger partial charge in [-0.2, -0.15) is 0 Å². The Morgan fingerprint density at radius 3 is 2.32 bits per heavy atom. The molecule has 0 fully saturated rings. The fourth-order valence-corrected chi connectivity index (χ4v) is 1.35. The highest BCUT2D eigenvalue weighted by molar-refractivity contribution is 14.0. The van der Waals surface area contributed by atoms with Gasteiger partial charge < -0.3 is 20.1 Å². The highest BCUT2D eigenvalue weighted by Gasteiger charge is 1.96. The standard InChI is InChI=1S/C13H21N3O2.HI/c1-14-13(15-8-10-17-2)16-9-11-18-12-6-4-3-5-7-12;/h3-7H,8-11H2,1-2H3,(H2,14,15,16);1H. The van der Waals surface area contributed by atoms with Gasteiger partial charge in [0.2, 0.25) is 0 Å². The Morgan fingerprint density at radius 1 is 1.11 bits per heavy atom. The van der Waals surface area contributed by atoms with Gasteiger partial charge in [0.05, 0.1) is 13.2 Å². The van der Waals surface area contributed by atoms with E-state index in [0.29, 0.717) is 19.8 Å². The maximum Gasteiger partial charge on any atom is 0.191 e. The molecule has 0 bridgehead atoms. The molecule has 0 heterocycles. The van der Waals surface area contributed by atoms with E-state index in [1.807, 2.05) is 30.3 Å². The minimum absolute atomic E-state index is 0. The van der Waals surface area contributed by atoms with Crippen LogP contribution in [-0.2, 0) is 4.74 Å². The predicted molar refractivity (Wildman–Crippen MR) is 88.6 cm³/mol. The summed E-state index contributed by atoms with van der Waals surface area (Å²) in [5, 5.41) is 6.28. The lowest BCUT2D eigenvalue weighted by Crippen LogP contribution is -2.40. The first kappa shape index (κ1) is 18.0. The number of benzene rings is 1. The van der Waals surface area contributed by atoms with E-state index in [9.17, 15) is 0 Å². The van der Waals surface area contributed by atoms with Crippen LogP contribution in [0.4, 0.5) is 0 Å². The van der Waals surface area contributed by atoms with Crippen LogP contribution in [-0.4, -0.2) is 46.4 Å². The molecule has 0 unspecified atom stereocenters. The quantitative estimate of drug-likeness (QED) is 0.326. The zero-order valence-electron chi connectivity index (χ0n) is 11.4. The molecule has 0 aromatic heterocycles. The third-order valence-corrected chi connectivity index (χ3v) is 2.23. The summed E-state index contributed by atoms with van der Waals surface area (Å²) in [5.74, 6) is 1.63. The molecule has 1 aromatic carbocycles. The second-order valence-corrected chi connectivity index (χ2v) is 3.58. The molecule has 0 saturated carbocycles. The number of guanidine groups is 1. The van der Waals surface area contributed by atoms with Crippen LogP contribution < -0.4 is 15.4 Å². The molecular weight excluding hydrogens is 357 g/mol. The van der Waals surface area contributed by atoms with E-state index in [2.05, 4.69) is 15.6 Å². The van der Waals surface area contributed by atoms with Gasteiger partial charge in [-0.05, 0) is 12.1 Å². The fraction of sp³-hybridized carbons (Fsp3) is 0.462. The lowest BCUT2D eigenvalue weighted by atomic mass is 10.3. The van der Waals surface area contributed by atoms with Crippen LogP contribution in [0.25, 0.3) is 0 Å². The van der Waals surface area contributed by atoms with Gasteiger partial charge in [-0.1, -0.05) is 18.2 Å². The first-order valence-corrected chi connectivity index (χ1v) is 5.98. The molecule has 0 atom stereocenters. The highest BCUT2D eigenvalue weighted by atomic mass is 127. The largest absolute Gasteiger partial charge is 0.492 e. The maximum absolute atomic E-state index is 5.56. The zero-order valence-corrected chi connectivity index (χ0v) is 13.7. The molecule has 5 nitrogen and oxygen atoms in total. The number of aliphatic imine (C=N–C) groups is 1. The molecular formula is C13H22IN3O2. The molecule has 0 aliphatic heterocycles. The summed E-state index contributed by atoms with van der Waals surface area (Å²) in [6, 6.07) is 9.74. The lowest BCUT2D eigenvalue weighted by Gasteiger charge is -2.12. The summed E-state index contributed by atoms with van der Waals surface area (Å²) < 4.78 is 10.5. The van der Waals surface area contributed by atoms with Crippen LogP contribution in [0.1, 0.15) is 0 Å². The van der Waals surface area contributed by atoms with E-state index in [1.165, 1.54) is 0 Å². The lowest BCUT2D eigenvalue weighted by molar-refractivity contribution is 0.203. The number of nitrogens with zero attached hydrogens (tertiary/aromatic N) is 1. The Hall–Kier alpha value is -1.02. The van der Waals surface area contributed by atoms with E-state index >= 15 is 0 Å². The number of ether oxygens (including phenoxy) is 2. The number of halogens is 1. The van der Waals surface area contributed by atoms with Crippen molar-refractivity contribution < 1.29 is 9.47 Å². The number of hydrogen-bond acceptors (Lipinski definition) is 3. The van der Waals surface area contributed by atoms with Gasteiger partial charge >= 0.3 is 0 Å². The van der Waals surface area contributed by atoms with Gasteiger partial charge in [0.15, 0.2) is 5.96 Å². The third kappa shape index (κ3) is 8.66. The second kappa shape index (κ2) is 12.0. The monoisotopic (exact) mass is 379 g/mol. The number of hydrogen-bond donors (Lipinski definition) is 2. The van der Waals surface area contributed by atoms with Crippen LogP contribution in [0.5, 0.6) is 5.75 Å². The number of methoxy groups -OCH3 is 1. The topological polar surface area (TPSA) is 54.9 Å². The van der Waals surface area contributed by atoms with Gasteiger partial charge in [-0.3, -0.25) is 4.99 Å². The molecule has 0 saturated heterocycles. The van der Waals surface area contributed by atoms with Crippen molar-refractivity contribution in [1.29, 1.82) is 0 Å². The van der Waals surface area contributed by atoms with Crippen molar-refractivity contribution >= 4 is 29.9 Å². The Kier molecular flexibility index (Phi) is 11.4. The number of para-hydroxylation sites is 1. The van der Waals surface area contributed by atoms with Crippen molar-refractivity contribution in [2.24, 2.45) is 4.99 Å². The van der Waals surface area contributed by atoms with Crippen LogP contribution in [0.3, 0.4) is 0 Å². The second-order valence-electron chi connectivity index (χ2n) is 3.58. The zero-order chi connectivity index (χ0) is 13.1. The summed E-state index contributed by atoms with van der Waals surface area (Å²) in [6.07, 6.45) is 0. The Morgan fingerprint density at radius 2 is 1.74 bits per heavy atom. The number of rotatable bonds is 7. The molecule has 2 N–H and O–H groups in total. The molecule has 0 aliphatic carbocycles. The van der Waals surface area contributed by atoms with E-state index in [-0.39, 0.29) is 24.0 Å². The van der Waals surface area contributed by atoms with Crippen molar-refractivity contribution in [3.63, 3.8) is 0 Å². The fourth-order valence-electron chi connectivity index (χ4n) is 1.35. The smallest absolute Gasteiger partial charge is 0.191 e. The van der Waals surface area contributed by atoms with Gasteiger partial charge in [-0.15, -0.1) is 24.0 Å². The molecule has 19 heavy (non-hydrogen) atoms. The molecule has 1 rings (SSSR count). The molecule has 108 valence electrons. The summed E-state index contributed by atoms with van der Waals surface area (Å²) in [4.78, 5) is 4.09. The maximum atomic E-state index is 5.56. The molecule has 0 amide bonds. The van der Waals surface area contributed by atoms with Crippen molar-refractivity contribution in [3.8, 4) is 5.75 Å². The van der Waals surface area contributed by atoms with Gasteiger partial charge in [-0.25, -0.2) is 0 Å². The predicted octanol–water partition coefficient (Wildman–Crippen LogP) is 1.49. The molecule has 6 heteroatoms. The number of nitrogens with one attached hydrogen (secondary N) is 2. The Labute approximate surface area is 131 Å². The normalized spacial score (nSPS) is 10.5. The summed E-state index contributed by atoms with van der Waals surface area (Å²) in [5.41, 5.74) is 0. The van der Waals surface area contributed by atoms with E-state index in [0.717, 1.165) is 18.3 Å². The van der Waals surface area contributed by atoms with E-state index in [4.69, 9.17) is 9.47 Å². The van der Waals surface area contributed by atoms with Crippen LogP contribution in [0.15, 0.2) is 35.3 Å². The summed E-state index contributed by atoms with van der Waals surface area (Å²) in [6.45, 7) is 2.67. The SMILES string of the molecule is CN=C(NCCOC)NCCOc1ccccc1.I. The summed E-state index contributed by atoms with van der Waals surface area (Å²) in [7, 11) is 3.41. The highest BCUT2D eigenvalue weighted by Crippen LogP contribution is 2.07.